The average molecular weight is 199 g/mol. The molecular formula is C10H17NO3. The van der Waals surface area contributed by atoms with Gasteiger partial charge in [-0.05, 0) is 20.3 Å². The summed E-state index contributed by atoms with van der Waals surface area (Å²) in [7, 11) is 1.53. The number of methoxy groups -OCH3 is 1. The Hall–Kier alpha value is -0.630. The number of ether oxygens (including phenoxy) is 2. The molecule has 3 unspecified atom stereocenters. The van der Waals surface area contributed by atoms with E-state index < -0.39 is 11.0 Å². The third kappa shape index (κ3) is 1.52. The summed E-state index contributed by atoms with van der Waals surface area (Å²) in [6.45, 7) is 4.21. The molecule has 1 rings (SSSR count). The summed E-state index contributed by atoms with van der Waals surface area (Å²) in [6.07, 6.45) is 0.174. The topological polar surface area (TPSA) is 62.5 Å². The Bertz CT molecular complexity index is 238. The molecule has 4 heteroatoms. The van der Waals surface area contributed by atoms with Gasteiger partial charge in [-0.3, -0.25) is 0 Å². The van der Waals surface area contributed by atoms with Gasteiger partial charge in [0.15, 0.2) is 0 Å². The van der Waals surface area contributed by atoms with Crippen molar-refractivity contribution in [3.05, 3.63) is 0 Å². The van der Waals surface area contributed by atoms with Crippen LogP contribution in [-0.2, 0) is 9.47 Å². The molecule has 0 radical (unpaired) electrons. The van der Waals surface area contributed by atoms with Crippen LogP contribution in [0.15, 0.2) is 0 Å². The number of aliphatic hydroxyl groups is 1. The minimum atomic E-state index is -1.17. The fourth-order valence-electron chi connectivity index (χ4n) is 1.78. The van der Waals surface area contributed by atoms with Crippen LogP contribution in [0.1, 0.15) is 20.3 Å². The minimum Gasteiger partial charge on any atom is -0.386 e. The molecule has 1 aliphatic heterocycles. The fraction of sp³-hybridized carbons (Fsp3) is 0.900. The van der Waals surface area contributed by atoms with Gasteiger partial charge in [-0.2, -0.15) is 5.26 Å². The largest absolute Gasteiger partial charge is 0.386 e. The molecular weight excluding hydrogens is 182 g/mol. The van der Waals surface area contributed by atoms with Crippen LogP contribution in [0.25, 0.3) is 0 Å². The molecule has 1 heterocycles. The van der Waals surface area contributed by atoms with Crippen LogP contribution in [-0.4, -0.2) is 37.1 Å². The lowest BCUT2D eigenvalue weighted by Gasteiger charge is -2.39. The Balaban J connectivity index is 2.93. The first kappa shape index (κ1) is 11.4. The zero-order valence-electron chi connectivity index (χ0n) is 8.91. The van der Waals surface area contributed by atoms with Crippen molar-refractivity contribution in [2.75, 3.05) is 20.3 Å². The highest BCUT2D eigenvalue weighted by molar-refractivity contribution is 5.13. The summed E-state index contributed by atoms with van der Waals surface area (Å²) >= 11 is 0. The smallest absolute Gasteiger partial charge is 0.114 e. The molecule has 0 spiro atoms. The van der Waals surface area contributed by atoms with Crippen LogP contribution in [0.5, 0.6) is 0 Å². The maximum Gasteiger partial charge on any atom is 0.114 e. The van der Waals surface area contributed by atoms with E-state index >= 15 is 0 Å². The highest BCUT2D eigenvalue weighted by Crippen LogP contribution is 2.41. The molecule has 1 saturated heterocycles. The Kier molecular flexibility index (Phi) is 3.15. The van der Waals surface area contributed by atoms with E-state index in [2.05, 4.69) is 6.07 Å². The molecule has 4 nitrogen and oxygen atoms in total. The second-order valence-electron chi connectivity index (χ2n) is 4.02. The van der Waals surface area contributed by atoms with Crippen molar-refractivity contribution in [3.63, 3.8) is 0 Å². The third-order valence-corrected chi connectivity index (χ3v) is 3.35. The van der Waals surface area contributed by atoms with Gasteiger partial charge in [0.1, 0.15) is 11.0 Å². The van der Waals surface area contributed by atoms with Crippen LogP contribution in [0.2, 0.25) is 0 Å². The standard InChI is InChI=1S/C10H17NO3/c1-8(13-3)9(2,12)10(6-11)4-5-14-7-10/h8,12H,4-5,7H2,1-3H3. The van der Waals surface area contributed by atoms with Crippen molar-refractivity contribution >= 4 is 0 Å². The molecule has 1 fully saturated rings. The lowest BCUT2D eigenvalue weighted by atomic mass is 9.70. The van der Waals surface area contributed by atoms with E-state index in [1.54, 1.807) is 13.8 Å². The lowest BCUT2D eigenvalue weighted by molar-refractivity contribution is -0.132. The monoisotopic (exact) mass is 199 g/mol. The second-order valence-corrected chi connectivity index (χ2v) is 4.02. The maximum absolute atomic E-state index is 10.3. The van der Waals surface area contributed by atoms with E-state index in [0.29, 0.717) is 13.0 Å². The molecule has 0 aliphatic carbocycles. The predicted octanol–water partition coefficient (Wildman–Crippen LogP) is 0.703. The molecule has 0 aromatic carbocycles. The number of hydrogen-bond donors (Lipinski definition) is 1. The molecule has 0 bridgehead atoms. The quantitative estimate of drug-likeness (QED) is 0.726. The van der Waals surface area contributed by atoms with Gasteiger partial charge in [-0.25, -0.2) is 0 Å². The summed E-state index contributed by atoms with van der Waals surface area (Å²) in [4.78, 5) is 0. The SMILES string of the molecule is COC(C)C(C)(O)C1(C#N)CCOC1. The number of nitriles is 1. The van der Waals surface area contributed by atoms with Crippen molar-refractivity contribution in [2.24, 2.45) is 5.41 Å². The van der Waals surface area contributed by atoms with E-state index in [1.807, 2.05) is 0 Å². The molecule has 0 aromatic heterocycles. The predicted molar refractivity (Wildman–Crippen MR) is 50.6 cm³/mol. The van der Waals surface area contributed by atoms with Gasteiger partial charge < -0.3 is 14.6 Å². The molecule has 14 heavy (non-hydrogen) atoms. The first-order valence-electron chi connectivity index (χ1n) is 4.74. The number of hydrogen-bond acceptors (Lipinski definition) is 4. The van der Waals surface area contributed by atoms with Crippen molar-refractivity contribution < 1.29 is 14.6 Å². The first-order chi connectivity index (χ1) is 6.50. The van der Waals surface area contributed by atoms with Crippen molar-refractivity contribution in [2.45, 2.75) is 32.0 Å². The van der Waals surface area contributed by atoms with Crippen LogP contribution in [0.4, 0.5) is 0 Å². The van der Waals surface area contributed by atoms with Crippen molar-refractivity contribution in [3.8, 4) is 6.07 Å². The third-order valence-electron chi connectivity index (χ3n) is 3.35. The van der Waals surface area contributed by atoms with Crippen LogP contribution < -0.4 is 0 Å². The summed E-state index contributed by atoms with van der Waals surface area (Å²) in [6, 6.07) is 2.18. The fourth-order valence-corrected chi connectivity index (χ4v) is 1.78. The molecule has 0 aromatic rings. The van der Waals surface area contributed by atoms with Crippen LogP contribution >= 0.6 is 0 Å². The van der Waals surface area contributed by atoms with Crippen molar-refractivity contribution in [1.82, 2.24) is 0 Å². The molecule has 0 amide bonds. The van der Waals surface area contributed by atoms with Gasteiger partial charge in [-0.1, -0.05) is 0 Å². The Labute approximate surface area is 84.4 Å². The van der Waals surface area contributed by atoms with E-state index in [0.717, 1.165) is 0 Å². The van der Waals surface area contributed by atoms with E-state index in [1.165, 1.54) is 7.11 Å². The molecule has 80 valence electrons. The highest BCUT2D eigenvalue weighted by atomic mass is 16.5. The molecule has 1 N–H and O–H groups in total. The van der Waals surface area contributed by atoms with Gasteiger partial charge in [0.2, 0.25) is 0 Å². The zero-order chi connectivity index (χ0) is 10.8. The van der Waals surface area contributed by atoms with Gasteiger partial charge in [0.25, 0.3) is 0 Å². The normalized spacial score (nSPS) is 33.4. The average Bonchev–Trinajstić information content (AvgIpc) is 2.66. The van der Waals surface area contributed by atoms with E-state index in [4.69, 9.17) is 14.7 Å². The van der Waals surface area contributed by atoms with E-state index in [-0.39, 0.29) is 12.7 Å². The highest BCUT2D eigenvalue weighted by Gasteiger charge is 2.53. The first-order valence-corrected chi connectivity index (χ1v) is 4.74. The second kappa shape index (κ2) is 3.85. The van der Waals surface area contributed by atoms with Crippen molar-refractivity contribution in [1.29, 1.82) is 5.26 Å². The van der Waals surface area contributed by atoms with Gasteiger partial charge in [0, 0.05) is 13.7 Å². The van der Waals surface area contributed by atoms with Gasteiger partial charge in [0.05, 0.1) is 18.8 Å². The van der Waals surface area contributed by atoms with Crippen LogP contribution in [0, 0.1) is 16.7 Å². The molecule has 1 aliphatic rings. The summed E-state index contributed by atoms with van der Waals surface area (Å²) in [5, 5.41) is 19.5. The number of nitrogens with zero attached hydrogens (tertiary/aromatic N) is 1. The summed E-state index contributed by atoms with van der Waals surface area (Å²) < 4.78 is 10.3. The Morgan fingerprint density at radius 3 is 2.71 bits per heavy atom. The van der Waals surface area contributed by atoms with Gasteiger partial charge >= 0.3 is 0 Å². The Morgan fingerprint density at radius 1 is 1.71 bits per heavy atom. The maximum atomic E-state index is 10.3. The molecule has 3 atom stereocenters. The summed E-state index contributed by atoms with van der Waals surface area (Å²) in [5.41, 5.74) is -2.00. The Morgan fingerprint density at radius 2 is 2.36 bits per heavy atom. The molecule has 0 saturated carbocycles. The summed E-state index contributed by atoms with van der Waals surface area (Å²) in [5.74, 6) is 0. The van der Waals surface area contributed by atoms with E-state index in [9.17, 15) is 5.11 Å². The number of rotatable bonds is 3. The zero-order valence-corrected chi connectivity index (χ0v) is 8.91. The van der Waals surface area contributed by atoms with Gasteiger partial charge in [-0.15, -0.1) is 0 Å². The lowest BCUT2D eigenvalue weighted by Crippen LogP contribution is -2.53. The van der Waals surface area contributed by atoms with Crippen LogP contribution in [0.3, 0.4) is 0 Å². The minimum absolute atomic E-state index is 0.282.